The van der Waals surface area contributed by atoms with Crippen molar-refractivity contribution in [2.24, 2.45) is 5.92 Å². The number of methoxy groups -OCH3 is 1. The smallest absolute Gasteiger partial charge is 0.126 e. The van der Waals surface area contributed by atoms with Crippen molar-refractivity contribution in [3.63, 3.8) is 0 Å². The van der Waals surface area contributed by atoms with E-state index >= 15 is 0 Å². The van der Waals surface area contributed by atoms with Crippen LogP contribution >= 0.6 is 0 Å². The van der Waals surface area contributed by atoms with Crippen molar-refractivity contribution in [3.05, 3.63) is 47.8 Å². The predicted octanol–water partition coefficient (Wildman–Crippen LogP) is 3.11. The number of benzene rings is 2. The summed E-state index contributed by atoms with van der Waals surface area (Å²) in [7, 11) is 1.58. The molecular formula is C24H30FNO5. The maximum atomic E-state index is 13.9. The second-order valence-electron chi connectivity index (χ2n) is 8.17. The Morgan fingerprint density at radius 3 is 2.58 bits per heavy atom. The Balaban J connectivity index is 1.58. The van der Waals surface area contributed by atoms with E-state index in [4.69, 9.17) is 18.9 Å². The molecule has 2 heterocycles. The van der Waals surface area contributed by atoms with Gasteiger partial charge in [0.1, 0.15) is 17.3 Å². The largest absolute Gasteiger partial charge is 0.496 e. The first kappa shape index (κ1) is 22.0. The van der Waals surface area contributed by atoms with Gasteiger partial charge in [0, 0.05) is 36.7 Å². The van der Waals surface area contributed by atoms with Crippen molar-refractivity contribution in [2.75, 3.05) is 53.2 Å². The van der Waals surface area contributed by atoms with Crippen LogP contribution in [0.5, 0.6) is 11.5 Å². The van der Waals surface area contributed by atoms with E-state index < -0.39 is 0 Å². The molecular weight excluding hydrogens is 401 g/mol. The second kappa shape index (κ2) is 10.4. The molecule has 2 aromatic rings. The number of halogens is 1. The van der Waals surface area contributed by atoms with Crippen LogP contribution in [0, 0.1) is 11.7 Å². The van der Waals surface area contributed by atoms with E-state index in [1.165, 1.54) is 12.1 Å². The summed E-state index contributed by atoms with van der Waals surface area (Å²) in [6.07, 6.45) is 0.473. The van der Waals surface area contributed by atoms with Crippen LogP contribution in [0.4, 0.5) is 4.39 Å². The maximum absolute atomic E-state index is 13.9. The van der Waals surface area contributed by atoms with E-state index in [9.17, 15) is 9.50 Å². The van der Waals surface area contributed by atoms with Crippen LogP contribution in [0.2, 0.25) is 0 Å². The normalized spacial score (nSPS) is 20.5. The summed E-state index contributed by atoms with van der Waals surface area (Å²) in [4.78, 5) is 2.21. The van der Waals surface area contributed by atoms with Gasteiger partial charge in [0.05, 0.1) is 46.2 Å². The highest BCUT2D eigenvalue weighted by Gasteiger charge is 2.22. The van der Waals surface area contributed by atoms with Gasteiger partial charge in [-0.25, -0.2) is 4.39 Å². The first-order valence-corrected chi connectivity index (χ1v) is 10.8. The van der Waals surface area contributed by atoms with E-state index in [0.717, 1.165) is 29.8 Å². The number of aliphatic hydroxyl groups excluding tert-OH is 1. The molecule has 0 spiro atoms. The monoisotopic (exact) mass is 431 g/mol. The predicted molar refractivity (Wildman–Crippen MR) is 115 cm³/mol. The van der Waals surface area contributed by atoms with Crippen molar-refractivity contribution in [3.8, 4) is 22.6 Å². The highest BCUT2D eigenvalue weighted by molar-refractivity contribution is 5.72. The van der Waals surface area contributed by atoms with Crippen LogP contribution in [0.3, 0.4) is 0 Å². The molecule has 0 radical (unpaired) electrons. The van der Waals surface area contributed by atoms with Gasteiger partial charge in [-0.3, -0.25) is 4.90 Å². The summed E-state index contributed by atoms with van der Waals surface area (Å²) in [5.41, 5.74) is 2.55. The van der Waals surface area contributed by atoms with Crippen LogP contribution in [0.25, 0.3) is 11.1 Å². The van der Waals surface area contributed by atoms with E-state index in [-0.39, 0.29) is 17.8 Å². The quantitative estimate of drug-likeness (QED) is 0.727. The summed E-state index contributed by atoms with van der Waals surface area (Å²) in [6.45, 7) is 5.08. The Bertz CT molecular complexity index is 869. The van der Waals surface area contributed by atoms with Gasteiger partial charge < -0.3 is 24.1 Å². The topological polar surface area (TPSA) is 60.4 Å². The molecule has 2 saturated heterocycles. The molecule has 0 amide bonds. The average Bonchev–Trinajstić information content (AvgIpc) is 3.01. The first-order chi connectivity index (χ1) is 15.1. The molecule has 2 aliphatic heterocycles. The minimum absolute atomic E-state index is 0.173. The summed E-state index contributed by atoms with van der Waals surface area (Å²) >= 11 is 0. The van der Waals surface area contributed by atoms with Crippen molar-refractivity contribution in [1.82, 2.24) is 4.90 Å². The second-order valence-corrected chi connectivity index (χ2v) is 8.17. The Kier molecular flexibility index (Phi) is 7.40. The van der Waals surface area contributed by atoms with E-state index in [1.807, 2.05) is 18.2 Å². The van der Waals surface area contributed by atoms with Crippen LogP contribution in [0.15, 0.2) is 36.4 Å². The van der Waals surface area contributed by atoms with Crippen LogP contribution in [0.1, 0.15) is 12.0 Å². The third-order valence-electron chi connectivity index (χ3n) is 5.73. The highest BCUT2D eigenvalue weighted by Crippen LogP contribution is 2.34. The third kappa shape index (κ3) is 5.74. The Labute approximate surface area is 182 Å². The molecule has 1 N–H and O–H groups in total. The standard InChI is InChI=1S/C24H30FNO5/c1-28-24-5-3-20(25)11-22(24)18-2-4-23(31-16-17-14-29-8-9-30-15-17)19(10-18)12-26-7-6-21(27)13-26/h2-5,10-11,17,21,27H,6-9,12-16H2,1H3. The molecule has 0 aromatic heterocycles. The average molecular weight is 432 g/mol. The molecule has 7 heteroatoms. The van der Waals surface area contributed by atoms with Crippen molar-refractivity contribution >= 4 is 0 Å². The molecule has 0 saturated carbocycles. The maximum Gasteiger partial charge on any atom is 0.126 e. The van der Waals surface area contributed by atoms with Crippen molar-refractivity contribution < 1.29 is 28.4 Å². The van der Waals surface area contributed by atoms with Crippen LogP contribution in [-0.2, 0) is 16.0 Å². The lowest BCUT2D eigenvalue weighted by Crippen LogP contribution is -2.23. The molecule has 2 aliphatic rings. The van der Waals surface area contributed by atoms with Gasteiger partial charge in [-0.2, -0.15) is 0 Å². The molecule has 0 aliphatic carbocycles. The zero-order chi connectivity index (χ0) is 21.6. The molecule has 1 atom stereocenters. The summed E-state index contributed by atoms with van der Waals surface area (Å²) < 4.78 is 36.7. The fourth-order valence-corrected chi connectivity index (χ4v) is 4.08. The Morgan fingerprint density at radius 2 is 1.87 bits per heavy atom. The van der Waals surface area contributed by atoms with Gasteiger partial charge in [0.25, 0.3) is 0 Å². The number of likely N-dealkylation sites (tertiary alicyclic amines) is 1. The number of β-amino-alcohol motifs (C(OH)–C–C–N with tert-alkyl or cyclic N) is 1. The third-order valence-corrected chi connectivity index (χ3v) is 5.73. The van der Waals surface area contributed by atoms with Crippen LogP contribution in [-0.4, -0.2) is 69.3 Å². The van der Waals surface area contributed by atoms with E-state index in [0.29, 0.717) is 57.4 Å². The Morgan fingerprint density at radius 1 is 1.10 bits per heavy atom. The Hall–Kier alpha value is -2.19. The number of nitrogens with zero attached hydrogens (tertiary/aromatic N) is 1. The minimum Gasteiger partial charge on any atom is -0.496 e. The van der Waals surface area contributed by atoms with Gasteiger partial charge in [0.2, 0.25) is 0 Å². The number of aliphatic hydroxyl groups is 1. The van der Waals surface area contributed by atoms with Gasteiger partial charge in [-0.15, -0.1) is 0 Å². The lowest BCUT2D eigenvalue weighted by atomic mass is 10.0. The number of rotatable bonds is 7. The number of hydrogen-bond acceptors (Lipinski definition) is 6. The first-order valence-electron chi connectivity index (χ1n) is 10.8. The van der Waals surface area contributed by atoms with Gasteiger partial charge >= 0.3 is 0 Å². The fraction of sp³-hybridized carbons (Fsp3) is 0.500. The van der Waals surface area contributed by atoms with Crippen molar-refractivity contribution in [2.45, 2.75) is 19.1 Å². The lowest BCUT2D eigenvalue weighted by Gasteiger charge is -2.21. The molecule has 0 bridgehead atoms. The summed E-state index contributed by atoms with van der Waals surface area (Å²) in [5, 5.41) is 9.92. The molecule has 1 unspecified atom stereocenters. The van der Waals surface area contributed by atoms with Crippen LogP contribution < -0.4 is 9.47 Å². The van der Waals surface area contributed by atoms with Gasteiger partial charge in [-0.1, -0.05) is 6.07 Å². The molecule has 2 aromatic carbocycles. The van der Waals surface area contributed by atoms with Gasteiger partial charge in [-0.05, 0) is 42.3 Å². The molecule has 168 valence electrons. The zero-order valence-corrected chi connectivity index (χ0v) is 17.9. The summed E-state index contributed by atoms with van der Waals surface area (Å²) in [6, 6.07) is 10.4. The van der Waals surface area contributed by atoms with Gasteiger partial charge in [0.15, 0.2) is 0 Å². The summed E-state index contributed by atoms with van der Waals surface area (Å²) in [5.74, 6) is 1.26. The molecule has 4 rings (SSSR count). The highest BCUT2D eigenvalue weighted by atomic mass is 19.1. The van der Waals surface area contributed by atoms with Crippen molar-refractivity contribution in [1.29, 1.82) is 0 Å². The zero-order valence-electron chi connectivity index (χ0n) is 17.9. The number of ether oxygens (including phenoxy) is 4. The number of hydrogen-bond donors (Lipinski definition) is 1. The lowest BCUT2D eigenvalue weighted by molar-refractivity contribution is 0.100. The molecule has 2 fully saturated rings. The van der Waals surface area contributed by atoms with E-state index in [1.54, 1.807) is 13.2 Å². The fourth-order valence-electron chi connectivity index (χ4n) is 4.08. The molecule has 6 nitrogen and oxygen atoms in total. The molecule has 31 heavy (non-hydrogen) atoms. The van der Waals surface area contributed by atoms with E-state index in [2.05, 4.69) is 4.90 Å². The SMILES string of the molecule is COc1ccc(F)cc1-c1ccc(OCC2COCCOC2)c(CN2CCC(O)C2)c1. The minimum atomic E-state index is -0.311.